The maximum Gasteiger partial charge on any atom is 0.339 e. The van der Waals surface area contributed by atoms with Gasteiger partial charge in [-0.1, -0.05) is 49.7 Å². The van der Waals surface area contributed by atoms with Crippen LogP contribution in [0.15, 0.2) is 36.4 Å². The molecule has 16 heteroatoms. The molecule has 2 rings (SSSR count). The number of amides is 1. The Kier molecular flexibility index (Phi) is 15.4. The van der Waals surface area contributed by atoms with Gasteiger partial charge in [0.05, 0.1) is 13.2 Å². The molecule has 0 radical (unpaired) electrons. The third-order valence-electron chi connectivity index (χ3n) is 7.01. The number of nitrogens with one attached hydrogen (secondary N) is 1. The minimum absolute atomic E-state index is 0.0934. The molecule has 2 aromatic rings. The highest BCUT2D eigenvalue weighted by Crippen LogP contribution is 2.40. The first-order chi connectivity index (χ1) is 20.7. The predicted octanol–water partition coefficient (Wildman–Crippen LogP) is 2.11. The van der Waals surface area contributed by atoms with Crippen LogP contribution < -0.4 is 5.32 Å². The second kappa shape index (κ2) is 18.0. The normalized spacial score (nSPS) is 13.0. The van der Waals surface area contributed by atoms with E-state index in [4.69, 9.17) is 0 Å². The number of benzene rings is 2. The van der Waals surface area contributed by atoms with E-state index < -0.39 is 47.0 Å². The van der Waals surface area contributed by atoms with E-state index in [1.54, 1.807) is 24.3 Å². The Morgan fingerprint density at radius 1 is 0.818 bits per heavy atom. The molecule has 248 valence electrons. The third-order valence-corrected chi connectivity index (χ3v) is 8.51. The molecule has 0 aliphatic carbocycles. The monoisotopic (exact) mass is 661 g/mol. The second-order valence-electron chi connectivity index (χ2n) is 10.8. The molecule has 2 aromatic carbocycles. The highest BCUT2D eigenvalue weighted by molar-refractivity contribution is 7.51. The number of hydrogen-bond acceptors (Lipinski definition) is 9. The van der Waals surface area contributed by atoms with Gasteiger partial charge in [0.1, 0.15) is 24.1 Å². The summed E-state index contributed by atoms with van der Waals surface area (Å²) in [4.78, 5) is 54.4. The molecular weight excluding hydrogens is 616 g/mol. The molecular formula is C28H45N3O11P2. The zero-order valence-electron chi connectivity index (χ0n) is 24.8. The van der Waals surface area contributed by atoms with Crippen LogP contribution in [0, 0.1) is 0 Å². The Morgan fingerprint density at radius 3 is 1.84 bits per heavy atom. The number of aliphatic hydroxyl groups is 2. The zero-order valence-corrected chi connectivity index (χ0v) is 26.6. The van der Waals surface area contributed by atoms with E-state index in [0.717, 1.165) is 0 Å². The number of carbonyl (C=O) groups excluding carboxylic acids is 1. The van der Waals surface area contributed by atoms with Gasteiger partial charge >= 0.3 is 15.2 Å². The van der Waals surface area contributed by atoms with Crippen molar-refractivity contribution in [2.45, 2.75) is 71.4 Å². The lowest BCUT2D eigenvalue weighted by Crippen LogP contribution is -2.44. The highest BCUT2D eigenvalue weighted by atomic mass is 31.2. The number of phenols is 2. The maximum absolute atomic E-state index is 12.3. The quantitative estimate of drug-likeness (QED) is 0.0732. The van der Waals surface area contributed by atoms with Gasteiger partial charge in [-0.2, -0.15) is 0 Å². The molecule has 1 atom stereocenters. The molecule has 0 saturated carbocycles. The van der Waals surface area contributed by atoms with Crippen molar-refractivity contribution >= 4 is 21.1 Å². The summed E-state index contributed by atoms with van der Waals surface area (Å²) in [5, 5.41) is 43.3. The Morgan fingerprint density at radius 2 is 1.34 bits per heavy atom. The predicted molar refractivity (Wildman–Crippen MR) is 163 cm³/mol. The van der Waals surface area contributed by atoms with Crippen LogP contribution >= 0.6 is 15.2 Å². The van der Waals surface area contributed by atoms with Crippen LogP contribution in [0.5, 0.6) is 11.5 Å². The third kappa shape index (κ3) is 13.3. The maximum atomic E-state index is 12.3. The minimum atomic E-state index is -4.68. The molecule has 1 unspecified atom stereocenters. The molecule has 0 aromatic heterocycles. The summed E-state index contributed by atoms with van der Waals surface area (Å²) < 4.78 is 24.4. The van der Waals surface area contributed by atoms with Gasteiger partial charge in [-0.15, -0.1) is 0 Å². The zero-order chi connectivity index (χ0) is 32.9. The fourth-order valence-electron chi connectivity index (χ4n) is 4.96. The smallest absolute Gasteiger partial charge is 0.339 e. The Hall–Kier alpha value is -2.35. The molecule has 0 aliphatic heterocycles. The summed E-state index contributed by atoms with van der Waals surface area (Å²) in [5.74, 6) is -0.562. The first kappa shape index (κ1) is 37.8. The van der Waals surface area contributed by atoms with E-state index in [2.05, 4.69) is 5.32 Å². The van der Waals surface area contributed by atoms with Crippen molar-refractivity contribution in [3.63, 3.8) is 0 Å². The Balaban J connectivity index is 2.45. The van der Waals surface area contributed by atoms with Gasteiger partial charge in [-0.25, -0.2) is 0 Å². The summed E-state index contributed by atoms with van der Waals surface area (Å²) in [6.45, 7) is 0.936. The van der Waals surface area contributed by atoms with Crippen LogP contribution in [-0.4, -0.2) is 87.4 Å². The van der Waals surface area contributed by atoms with Crippen LogP contribution in [0.1, 0.15) is 61.3 Å². The van der Waals surface area contributed by atoms with Crippen molar-refractivity contribution in [1.82, 2.24) is 15.1 Å². The number of rotatable bonds is 20. The van der Waals surface area contributed by atoms with Crippen molar-refractivity contribution in [1.29, 1.82) is 0 Å². The second-order valence-corrected chi connectivity index (χ2v) is 14.0. The van der Waals surface area contributed by atoms with Crippen molar-refractivity contribution in [3.05, 3.63) is 58.7 Å². The van der Waals surface area contributed by atoms with Gasteiger partial charge in [0.2, 0.25) is 5.91 Å². The highest BCUT2D eigenvalue weighted by Gasteiger charge is 2.31. The lowest BCUT2D eigenvalue weighted by molar-refractivity contribution is -0.121. The standard InChI is InChI=1S/C28H45N3O11P2/c1-2-7-26(34)29-13-4-3-12-25(31(20-44(40,41)42)15-22-9-6-11-24(18-33)28(22)36)16-30(19-43(37,38)39)14-21-8-5-10-23(17-32)27(21)35/h5-6,8-11,25,32-33,35-36H,2-4,7,12-20H2,1H3,(H,29,34)(H2,37,38,39)(H2,40,41,42). The lowest BCUT2D eigenvalue weighted by Gasteiger charge is -2.36. The number of para-hydroxylation sites is 2. The molecule has 0 aliphatic rings. The number of hydrogen-bond donors (Lipinski definition) is 9. The Labute approximate surface area is 257 Å². The summed E-state index contributed by atoms with van der Waals surface area (Å²) in [7, 11) is -9.34. The average molecular weight is 662 g/mol. The molecule has 0 spiro atoms. The van der Waals surface area contributed by atoms with Crippen molar-refractivity contribution < 1.29 is 53.9 Å². The number of aliphatic hydroxyl groups excluding tert-OH is 2. The van der Waals surface area contributed by atoms with Gasteiger partial charge in [0, 0.05) is 60.9 Å². The van der Waals surface area contributed by atoms with E-state index in [1.807, 2.05) is 6.92 Å². The van der Waals surface area contributed by atoms with Gasteiger partial charge in [-0.05, 0) is 19.3 Å². The van der Waals surface area contributed by atoms with E-state index >= 15 is 0 Å². The fourth-order valence-corrected chi connectivity index (χ4v) is 6.50. The van der Waals surface area contributed by atoms with Crippen LogP contribution in [-0.2, 0) is 40.2 Å². The molecule has 0 saturated heterocycles. The van der Waals surface area contributed by atoms with Gasteiger partial charge in [-0.3, -0.25) is 23.7 Å². The first-order valence-corrected chi connectivity index (χ1v) is 17.9. The molecule has 9 N–H and O–H groups in total. The summed E-state index contributed by atoms with van der Waals surface area (Å²) in [6.07, 6.45) is 0.922. The van der Waals surface area contributed by atoms with E-state index in [-0.39, 0.29) is 59.3 Å². The Bertz CT molecular complexity index is 1300. The average Bonchev–Trinajstić information content (AvgIpc) is 2.92. The van der Waals surface area contributed by atoms with E-state index in [1.165, 1.54) is 21.9 Å². The van der Waals surface area contributed by atoms with E-state index in [0.29, 0.717) is 38.6 Å². The topological polar surface area (TPSA) is 232 Å². The van der Waals surface area contributed by atoms with Crippen LogP contribution in [0.3, 0.4) is 0 Å². The lowest BCUT2D eigenvalue weighted by atomic mass is 10.0. The van der Waals surface area contributed by atoms with Crippen LogP contribution in [0.4, 0.5) is 0 Å². The number of unbranched alkanes of at least 4 members (excludes halogenated alkanes) is 1. The van der Waals surface area contributed by atoms with Gasteiger partial charge < -0.3 is 45.3 Å². The first-order valence-electron chi connectivity index (χ1n) is 14.3. The summed E-state index contributed by atoms with van der Waals surface area (Å²) in [5.41, 5.74) is 1.02. The number of aromatic hydroxyl groups is 2. The fraction of sp³-hybridized carbons (Fsp3) is 0.536. The molecule has 14 nitrogen and oxygen atoms in total. The van der Waals surface area contributed by atoms with Gasteiger partial charge in [0.25, 0.3) is 0 Å². The van der Waals surface area contributed by atoms with E-state index in [9.17, 15) is 53.9 Å². The number of carbonyl (C=O) groups is 1. The van der Waals surface area contributed by atoms with Crippen molar-refractivity contribution in [3.8, 4) is 11.5 Å². The number of nitrogens with zero attached hydrogens (tertiary/aromatic N) is 2. The molecule has 0 fully saturated rings. The molecule has 1 amide bonds. The summed E-state index contributed by atoms with van der Waals surface area (Å²) in [6, 6.07) is 8.54. The SMILES string of the molecule is CCCC(=O)NCCCCC(CN(Cc1cccc(CO)c1O)CP(=O)(O)O)N(Cc1cccc(CO)c1O)CP(=O)(O)O. The summed E-state index contributed by atoms with van der Waals surface area (Å²) >= 11 is 0. The minimum Gasteiger partial charge on any atom is -0.507 e. The van der Waals surface area contributed by atoms with Crippen molar-refractivity contribution in [2.75, 3.05) is 25.7 Å². The molecule has 0 bridgehead atoms. The van der Waals surface area contributed by atoms with Crippen molar-refractivity contribution in [2.24, 2.45) is 0 Å². The molecule has 44 heavy (non-hydrogen) atoms. The van der Waals surface area contributed by atoms with Gasteiger partial charge in [0.15, 0.2) is 0 Å². The largest absolute Gasteiger partial charge is 0.507 e. The van der Waals surface area contributed by atoms with Crippen LogP contribution in [0.25, 0.3) is 0 Å². The molecule has 0 heterocycles. The van der Waals surface area contributed by atoms with Crippen LogP contribution in [0.2, 0.25) is 0 Å².